The molecule has 0 atom stereocenters. The standard InChI is InChI=1S/C19H30N2O2/c1-22-18-12-16(13-19(14-18)23-2)15-20-10-6-17(7-11-20)21-8-4-3-5-9-21/h12-14,17H,3-11,15H2,1-2H3. The van der Waals surface area contributed by atoms with Gasteiger partial charge in [-0.2, -0.15) is 0 Å². The number of rotatable bonds is 5. The maximum atomic E-state index is 5.38. The maximum Gasteiger partial charge on any atom is 0.122 e. The smallest absolute Gasteiger partial charge is 0.122 e. The van der Waals surface area contributed by atoms with E-state index in [1.807, 2.05) is 6.07 Å². The van der Waals surface area contributed by atoms with Crippen LogP contribution < -0.4 is 9.47 Å². The van der Waals surface area contributed by atoms with E-state index >= 15 is 0 Å². The van der Waals surface area contributed by atoms with Gasteiger partial charge in [-0.05, 0) is 69.6 Å². The molecule has 2 aliphatic heterocycles. The summed E-state index contributed by atoms with van der Waals surface area (Å²) in [6.45, 7) is 6.01. The van der Waals surface area contributed by atoms with E-state index in [-0.39, 0.29) is 0 Å². The van der Waals surface area contributed by atoms with E-state index < -0.39 is 0 Å². The van der Waals surface area contributed by atoms with Crippen molar-refractivity contribution in [2.75, 3.05) is 40.4 Å². The van der Waals surface area contributed by atoms with Crippen LogP contribution in [0.25, 0.3) is 0 Å². The molecule has 128 valence electrons. The zero-order valence-corrected chi connectivity index (χ0v) is 14.6. The number of benzene rings is 1. The lowest BCUT2D eigenvalue weighted by atomic mass is 9.99. The Labute approximate surface area is 140 Å². The first-order valence-electron chi connectivity index (χ1n) is 8.97. The summed E-state index contributed by atoms with van der Waals surface area (Å²) in [4.78, 5) is 5.30. The van der Waals surface area contributed by atoms with Gasteiger partial charge < -0.3 is 14.4 Å². The highest BCUT2D eigenvalue weighted by atomic mass is 16.5. The third kappa shape index (κ3) is 4.39. The number of likely N-dealkylation sites (tertiary alicyclic amines) is 2. The third-order valence-corrected chi connectivity index (χ3v) is 5.28. The van der Waals surface area contributed by atoms with E-state index in [2.05, 4.69) is 21.9 Å². The predicted octanol–water partition coefficient (Wildman–Crippen LogP) is 3.15. The largest absolute Gasteiger partial charge is 0.497 e. The van der Waals surface area contributed by atoms with Gasteiger partial charge >= 0.3 is 0 Å². The van der Waals surface area contributed by atoms with Crippen molar-refractivity contribution in [3.8, 4) is 11.5 Å². The van der Waals surface area contributed by atoms with Gasteiger partial charge in [0.25, 0.3) is 0 Å². The van der Waals surface area contributed by atoms with Crippen LogP contribution in [0.4, 0.5) is 0 Å². The predicted molar refractivity (Wildman–Crippen MR) is 93.3 cm³/mol. The molecule has 0 unspecified atom stereocenters. The number of hydrogen-bond acceptors (Lipinski definition) is 4. The highest BCUT2D eigenvalue weighted by Gasteiger charge is 2.25. The van der Waals surface area contributed by atoms with Crippen LogP contribution in [0.1, 0.15) is 37.7 Å². The molecule has 4 heteroatoms. The van der Waals surface area contributed by atoms with Crippen LogP contribution in [-0.4, -0.2) is 56.2 Å². The van der Waals surface area contributed by atoms with Gasteiger partial charge in [0.15, 0.2) is 0 Å². The fraction of sp³-hybridized carbons (Fsp3) is 0.684. The van der Waals surface area contributed by atoms with Crippen molar-refractivity contribution < 1.29 is 9.47 Å². The second-order valence-electron chi connectivity index (χ2n) is 6.82. The first-order chi connectivity index (χ1) is 11.3. The molecule has 1 aromatic rings. The topological polar surface area (TPSA) is 24.9 Å². The summed E-state index contributed by atoms with van der Waals surface area (Å²) in [7, 11) is 3.42. The summed E-state index contributed by atoms with van der Waals surface area (Å²) >= 11 is 0. The minimum absolute atomic E-state index is 0.811. The van der Waals surface area contributed by atoms with Crippen molar-refractivity contribution in [3.05, 3.63) is 23.8 Å². The van der Waals surface area contributed by atoms with Crippen molar-refractivity contribution >= 4 is 0 Å². The van der Waals surface area contributed by atoms with Crippen molar-refractivity contribution in [1.29, 1.82) is 0 Å². The lowest BCUT2D eigenvalue weighted by molar-refractivity contribution is 0.0896. The second-order valence-corrected chi connectivity index (χ2v) is 6.82. The third-order valence-electron chi connectivity index (χ3n) is 5.28. The summed E-state index contributed by atoms with van der Waals surface area (Å²) < 4.78 is 10.8. The zero-order valence-electron chi connectivity index (χ0n) is 14.6. The summed E-state index contributed by atoms with van der Waals surface area (Å²) in [6, 6.07) is 7.00. The molecular formula is C19H30N2O2. The molecule has 0 N–H and O–H groups in total. The van der Waals surface area contributed by atoms with E-state index in [4.69, 9.17) is 9.47 Å². The number of ether oxygens (including phenoxy) is 2. The molecule has 23 heavy (non-hydrogen) atoms. The normalized spacial score (nSPS) is 21.3. The lowest BCUT2D eigenvalue weighted by Crippen LogP contribution is -2.46. The highest BCUT2D eigenvalue weighted by Crippen LogP contribution is 2.25. The summed E-state index contributed by atoms with van der Waals surface area (Å²) in [6.07, 6.45) is 6.82. The van der Waals surface area contributed by atoms with E-state index in [0.717, 1.165) is 24.1 Å². The Hall–Kier alpha value is -1.26. The SMILES string of the molecule is COc1cc(CN2CCC(N3CCCCC3)CC2)cc(OC)c1. The van der Waals surface area contributed by atoms with Gasteiger partial charge in [0.2, 0.25) is 0 Å². The Morgan fingerprint density at radius 3 is 2.04 bits per heavy atom. The Kier molecular flexibility index (Phi) is 5.79. The molecule has 2 saturated heterocycles. The van der Waals surface area contributed by atoms with Crippen LogP contribution in [0.3, 0.4) is 0 Å². The molecule has 0 saturated carbocycles. The molecule has 1 aromatic carbocycles. The molecule has 0 bridgehead atoms. The molecule has 0 spiro atoms. The fourth-order valence-electron chi connectivity index (χ4n) is 3.94. The van der Waals surface area contributed by atoms with Crippen LogP contribution in [-0.2, 0) is 6.54 Å². The van der Waals surface area contributed by atoms with Crippen LogP contribution in [0, 0.1) is 0 Å². The lowest BCUT2D eigenvalue weighted by Gasteiger charge is -2.40. The van der Waals surface area contributed by atoms with Gasteiger partial charge in [-0.15, -0.1) is 0 Å². The number of methoxy groups -OCH3 is 2. The van der Waals surface area contributed by atoms with E-state index in [1.54, 1.807) is 14.2 Å². The Morgan fingerprint density at radius 1 is 0.870 bits per heavy atom. The molecular weight excluding hydrogens is 288 g/mol. The summed E-state index contributed by atoms with van der Waals surface area (Å²) in [5.74, 6) is 1.75. The molecule has 0 amide bonds. The molecule has 2 aliphatic rings. The van der Waals surface area contributed by atoms with Crippen molar-refractivity contribution in [3.63, 3.8) is 0 Å². The Balaban J connectivity index is 1.54. The Morgan fingerprint density at radius 2 is 1.48 bits per heavy atom. The molecule has 2 heterocycles. The van der Waals surface area contributed by atoms with Crippen LogP contribution in [0.5, 0.6) is 11.5 Å². The van der Waals surface area contributed by atoms with Crippen molar-refractivity contribution in [1.82, 2.24) is 9.80 Å². The molecule has 3 rings (SSSR count). The van der Waals surface area contributed by atoms with E-state index in [9.17, 15) is 0 Å². The number of hydrogen-bond donors (Lipinski definition) is 0. The first-order valence-corrected chi connectivity index (χ1v) is 8.97. The molecule has 0 aromatic heterocycles. The minimum atomic E-state index is 0.811. The van der Waals surface area contributed by atoms with E-state index in [0.29, 0.717) is 0 Å². The zero-order chi connectivity index (χ0) is 16.1. The molecule has 4 nitrogen and oxygen atoms in total. The average molecular weight is 318 g/mol. The van der Waals surface area contributed by atoms with Gasteiger partial charge in [0, 0.05) is 18.7 Å². The van der Waals surface area contributed by atoms with Crippen LogP contribution in [0.15, 0.2) is 18.2 Å². The molecule has 2 fully saturated rings. The highest BCUT2D eigenvalue weighted by molar-refractivity contribution is 5.38. The summed E-state index contributed by atoms with van der Waals surface area (Å²) in [5, 5.41) is 0. The molecule has 0 radical (unpaired) electrons. The number of piperidine rings is 2. The van der Waals surface area contributed by atoms with Gasteiger partial charge in [-0.3, -0.25) is 4.90 Å². The van der Waals surface area contributed by atoms with E-state index in [1.165, 1.54) is 63.8 Å². The molecule has 0 aliphatic carbocycles. The number of nitrogens with zero attached hydrogens (tertiary/aromatic N) is 2. The van der Waals surface area contributed by atoms with Crippen molar-refractivity contribution in [2.45, 2.75) is 44.7 Å². The minimum Gasteiger partial charge on any atom is -0.497 e. The van der Waals surface area contributed by atoms with Crippen LogP contribution in [0.2, 0.25) is 0 Å². The second kappa shape index (κ2) is 8.02. The van der Waals surface area contributed by atoms with Gasteiger partial charge in [0.1, 0.15) is 11.5 Å². The van der Waals surface area contributed by atoms with Gasteiger partial charge in [0.05, 0.1) is 14.2 Å². The monoisotopic (exact) mass is 318 g/mol. The van der Waals surface area contributed by atoms with Gasteiger partial charge in [-0.1, -0.05) is 6.42 Å². The average Bonchev–Trinajstić information content (AvgIpc) is 2.62. The maximum absolute atomic E-state index is 5.38. The van der Waals surface area contributed by atoms with Crippen molar-refractivity contribution in [2.24, 2.45) is 0 Å². The fourth-order valence-corrected chi connectivity index (χ4v) is 3.94. The summed E-state index contributed by atoms with van der Waals surface area (Å²) in [5.41, 5.74) is 1.28. The Bertz CT molecular complexity index is 470. The first kappa shape index (κ1) is 16.6. The van der Waals surface area contributed by atoms with Crippen LogP contribution >= 0.6 is 0 Å². The quantitative estimate of drug-likeness (QED) is 0.832. The van der Waals surface area contributed by atoms with Gasteiger partial charge in [-0.25, -0.2) is 0 Å².